The van der Waals surface area contributed by atoms with Crippen molar-refractivity contribution in [3.05, 3.63) is 54.0 Å². The average Bonchev–Trinajstić information content (AvgIpc) is 3.30. The minimum Gasteiger partial charge on any atom is -0.497 e. The number of nitrogens with one attached hydrogen (secondary N) is 1. The Hall–Kier alpha value is -3.09. The average molecular weight is 339 g/mol. The first-order chi connectivity index (χ1) is 12.1. The number of carbonyl (C=O) groups excluding carboxylic acids is 1. The molecule has 0 aliphatic rings. The maximum Gasteiger partial charge on any atom is 0.271 e. The van der Waals surface area contributed by atoms with E-state index < -0.39 is 0 Å². The topological polar surface area (TPSA) is 76.0 Å². The lowest BCUT2D eigenvalue weighted by molar-refractivity contribution is 0.0777. The molecule has 2 heterocycles. The van der Waals surface area contributed by atoms with Gasteiger partial charge in [-0.3, -0.25) is 14.6 Å². The van der Waals surface area contributed by atoms with E-state index in [0.29, 0.717) is 12.2 Å². The van der Waals surface area contributed by atoms with E-state index in [-0.39, 0.29) is 5.91 Å². The summed E-state index contributed by atoms with van der Waals surface area (Å²) >= 11 is 0. The predicted molar refractivity (Wildman–Crippen MR) is 94.3 cm³/mol. The molecule has 0 saturated heterocycles. The molecule has 130 valence electrons. The third kappa shape index (κ3) is 3.71. The molecule has 0 saturated carbocycles. The molecule has 0 aliphatic heterocycles. The van der Waals surface area contributed by atoms with Crippen molar-refractivity contribution in [2.75, 3.05) is 14.2 Å². The number of rotatable bonds is 6. The van der Waals surface area contributed by atoms with Crippen molar-refractivity contribution in [2.45, 2.75) is 20.0 Å². The van der Waals surface area contributed by atoms with E-state index in [1.807, 2.05) is 48.1 Å². The Balaban J connectivity index is 1.70. The Morgan fingerprint density at radius 1 is 1.28 bits per heavy atom. The number of amides is 1. The van der Waals surface area contributed by atoms with Crippen LogP contribution in [0.4, 0.5) is 0 Å². The second kappa shape index (κ2) is 7.21. The van der Waals surface area contributed by atoms with Gasteiger partial charge in [0.25, 0.3) is 5.91 Å². The number of nitrogens with zero attached hydrogens (tertiary/aromatic N) is 4. The second-order valence-corrected chi connectivity index (χ2v) is 5.72. The quantitative estimate of drug-likeness (QED) is 0.749. The molecule has 1 N–H and O–H groups in total. The molecule has 0 radical (unpaired) electrons. The van der Waals surface area contributed by atoms with Crippen LogP contribution in [0.5, 0.6) is 5.75 Å². The molecule has 0 spiro atoms. The summed E-state index contributed by atoms with van der Waals surface area (Å²) in [5, 5.41) is 11.5. The maximum atomic E-state index is 12.6. The zero-order valence-corrected chi connectivity index (χ0v) is 14.6. The highest BCUT2D eigenvalue weighted by molar-refractivity contribution is 5.93. The van der Waals surface area contributed by atoms with Crippen molar-refractivity contribution in [1.29, 1.82) is 0 Å². The van der Waals surface area contributed by atoms with Crippen LogP contribution in [0.1, 0.15) is 23.1 Å². The summed E-state index contributed by atoms with van der Waals surface area (Å²) in [5.41, 5.74) is 2.94. The molecule has 0 unspecified atom stereocenters. The van der Waals surface area contributed by atoms with Gasteiger partial charge < -0.3 is 9.64 Å². The third-order valence-electron chi connectivity index (χ3n) is 3.96. The summed E-state index contributed by atoms with van der Waals surface area (Å²) in [7, 11) is 3.38. The van der Waals surface area contributed by atoms with Crippen LogP contribution in [-0.4, -0.2) is 44.9 Å². The van der Waals surface area contributed by atoms with Crippen LogP contribution in [-0.2, 0) is 13.1 Å². The first kappa shape index (κ1) is 16.8. The number of hydrogen-bond donors (Lipinski definition) is 1. The largest absolute Gasteiger partial charge is 0.497 e. The Morgan fingerprint density at radius 3 is 2.68 bits per heavy atom. The number of carbonyl (C=O) groups is 1. The summed E-state index contributed by atoms with van der Waals surface area (Å²) in [6.07, 6.45) is 1.91. The van der Waals surface area contributed by atoms with Crippen molar-refractivity contribution >= 4 is 5.91 Å². The smallest absolute Gasteiger partial charge is 0.271 e. The second-order valence-electron chi connectivity index (χ2n) is 5.72. The summed E-state index contributed by atoms with van der Waals surface area (Å²) in [4.78, 5) is 14.2. The molecule has 2 aromatic heterocycles. The molecular weight excluding hydrogens is 318 g/mol. The number of H-pyrrole nitrogens is 1. The predicted octanol–water partition coefficient (Wildman–Crippen LogP) is 2.57. The fourth-order valence-corrected chi connectivity index (χ4v) is 2.53. The number of aryl methyl sites for hydroxylation is 1. The third-order valence-corrected chi connectivity index (χ3v) is 3.96. The highest BCUT2D eigenvalue weighted by atomic mass is 16.5. The van der Waals surface area contributed by atoms with Crippen LogP contribution in [0.25, 0.3) is 11.3 Å². The summed E-state index contributed by atoms with van der Waals surface area (Å²) in [5.74, 6) is 0.653. The standard InChI is InChI=1S/C18H21N5O2/c1-4-23-10-9-14(21-23)12-22(2)18(24)17-11-16(19-20-17)13-5-7-15(25-3)8-6-13/h5-11H,4,12H2,1-3H3,(H,19,20). The lowest BCUT2D eigenvalue weighted by Crippen LogP contribution is -2.26. The molecule has 1 amide bonds. The van der Waals surface area contributed by atoms with E-state index in [4.69, 9.17) is 4.74 Å². The number of benzene rings is 1. The van der Waals surface area contributed by atoms with Crippen LogP contribution in [0, 0.1) is 0 Å². The maximum absolute atomic E-state index is 12.6. The number of ether oxygens (including phenoxy) is 1. The number of aromatic amines is 1. The van der Waals surface area contributed by atoms with Gasteiger partial charge in [-0.15, -0.1) is 0 Å². The normalized spacial score (nSPS) is 10.7. The van der Waals surface area contributed by atoms with Gasteiger partial charge in [0.2, 0.25) is 0 Å². The zero-order chi connectivity index (χ0) is 17.8. The Bertz CT molecular complexity index is 850. The van der Waals surface area contributed by atoms with Gasteiger partial charge in [0.05, 0.1) is 25.0 Å². The molecule has 7 heteroatoms. The van der Waals surface area contributed by atoms with E-state index in [1.54, 1.807) is 25.1 Å². The van der Waals surface area contributed by atoms with Crippen LogP contribution in [0.3, 0.4) is 0 Å². The van der Waals surface area contributed by atoms with Crippen LogP contribution < -0.4 is 4.74 Å². The Kier molecular flexibility index (Phi) is 4.83. The minimum absolute atomic E-state index is 0.127. The van der Waals surface area contributed by atoms with Gasteiger partial charge in [0.1, 0.15) is 11.4 Å². The Morgan fingerprint density at radius 2 is 2.04 bits per heavy atom. The molecule has 0 bridgehead atoms. The van der Waals surface area contributed by atoms with Gasteiger partial charge in [-0.25, -0.2) is 0 Å². The molecule has 25 heavy (non-hydrogen) atoms. The summed E-state index contributed by atoms with van der Waals surface area (Å²) in [6.45, 7) is 3.28. The molecule has 0 aliphatic carbocycles. The van der Waals surface area contributed by atoms with Crippen molar-refractivity contribution in [2.24, 2.45) is 0 Å². The van der Waals surface area contributed by atoms with Crippen molar-refractivity contribution in [3.8, 4) is 17.0 Å². The van der Waals surface area contributed by atoms with Gasteiger partial charge in [-0.1, -0.05) is 0 Å². The molecule has 1 aromatic carbocycles. The molecule has 0 fully saturated rings. The number of hydrogen-bond acceptors (Lipinski definition) is 4. The van der Waals surface area contributed by atoms with Gasteiger partial charge in [0.15, 0.2) is 0 Å². The SMILES string of the molecule is CCn1ccc(CN(C)C(=O)c2cc(-c3ccc(OC)cc3)n[nH]2)n1. The van der Waals surface area contributed by atoms with Gasteiger partial charge in [-0.2, -0.15) is 10.2 Å². The van der Waals surface area contributed by atoms with Gasteiger partial charge >= 0.3 is 0 Å². The highest BCUT2D eigenvalue weighted by Crippen LogP contribution is 2.21. The summed E-state index contributed by atoms with van der Waals surface area (Å²) in [6, 6.07) is 11.2. The van der Waals surface area contributed by atoms with E-state index >= 15 is 0 Å². The van der Waals surface area contributed by atoms with E-state index in [1.165, 1.54) is 0 Å². The zero-order valence-electron chi connectivity index (χ0n) is 14.6. The van der Waals surface area contributed by atoms with Crippen LogP contribution in [0.15, 0.2) is 42.6 Å². The lowest BCUT2D eigenvalue weighted by atomic mass is 10.1. The molecule has 7 nitrogen and oxygen atoms in total. The van der Waals surface area contributed by atoms with E-state index in [9.17, 15) is 4.79 Å². The fourth-order valence-electron chi connectivity index (χ4n) is 2.53. The first-order valence-electron chi connectivity index (χ1n) is 8.08. The first-order valence-corrected chi connectivity index (χ1v) is 8.08. The Labute approximate surface area is 146 Å². The van der Waals surface area contributed by atoms with Crippen LogP contribution in [0.2, 0.25) is 0 Å². The lowest BCUT2D eigenvalue weighted by Gasteiger charge is -2.14. The van der Waals surface area contributed by atoms with Gasteiger partial charge in [0, 0.05) is 25.4 Å². The summed E-state index contributed by atoms with van der Waals surface area (Å²) < 4.78 is 6.99. The van der Waals surface area contributed by atoms with E-state index in [2.05, 4.69) is 15.3 Å². The molecule has 3 rings (SSSR count). The molecular formula is C18H21N5O2. The van der Waals surface area contributed by atoms with Gasteiger partial charge in [-0.05, 0) is 43.3 Å². The molecule has 0 atom stereocenters. The molecule has 3 aromatic rings. The van der Waals surface area contributed by atoms with Crippen molar-refractivity contribution in [3.63, 3.8) is 0 Å². The minimum atomic E-state index is -0.127. The van der Waals surface area contributed by atoms with Crippen molar-refractivity contribution in [1.82, 2.24) is 24.9 Å². The highest BCUT2D eigenvalue weighted by Gasteiger charge is 2.16. The van der Waals surface area contributed by atoms with Crippen molar-refractivity contribution < 1.29 is 9.53 Å². The monoisotopic (exact) mass is 339 g/mol. The number of methoxy groups -OCH3 is 1. The fraction of sp³-hybridized carbons (Fsp3) is 0.278. The van der Waals surface area contributed by atoms with E-state index in [0.717, 1.165) is 29.2 Å². The number of aromatic nitrogens is 4. The van der Waals surface area contributed by atoms with Crippen LogP contribution >= 0.6 is 0 Å².